The van der Waals surface area contributed by atoms with Crippen LogP contribution >= 0.6 is 0 Å². The van der Waals surface area contributed by atoms with Crippen molar-refractivity contribution < 1.29 is 0 Å². The number of fused-ring (bicyclic) bond motifs is 1. The second kappa shape index (κ2) is 3.24. The molecule has 1 heterocycles. The molecule has 1 saturated heterocycles. The van der Waals surface area contributed by atoms with Crippen LogP contribution in [0, 0.1) is 35.0 Å². The van der Waals surface area contributed by atoms with Crippen molar-refractivity contribution in [3.63, 3.8) is 0 Å². The number of nitriles is 1. The van der Waals surface area contributed by atoms with Gasteiger partial charge in [0.15, 0.2) is 0 Å². The second-order valence-electron chi connectivity index (χ2n) is 5.40. The Kier molecular flexibility index (Phi) is 2.02. The van der Waals surface area contributed by atoms with Crippen LogP contribution in [0.15, 0.2) is 0 Å². The lowest BCUT2D eigenvalue weighted by atomic mass is 9.76. The van der Waals surface area contributed by atoms with Crippen LogP contribution in [0.3, 0.4) is 0 Å². The topological polar surface area (TPSA) is 27.0 Å². The van der Waals surface area contributed by atoms with Gasteiger partial charge < -0.3 is 4.90 Å². The monoisotopic (exact) mass is 190 g/mol. The van der Waals surface area contributed by atoms with Crippen molar-refractivity contribution >= 4 is 0 Å². The van der Waals surface area contributed by atoms with E-state index in [0.29, 0.717) is 5.92 Å². The summed E-state index contributed by atoms with van der Waals surface area (Å²) < 4.78 is 0. The fraction of sp³-hybridized carbons (Fsp3) is 0.917. The summed E-state index contributed by atoms with van der Waals surface area (Å²) in [6.45, 7) is 3.64. The first-order valence-corrected chi connectivity index (χ1v) is 5.99. The predicted molar refractivity (Wildman–Crippen MR) is 54.5 cm³/mol. The van der Waals surface area contributed by atoms with Crippen LogP contribution in [0.1, 0.15) is 25.7 Å². The van der Waals surface area contributed by atoms with E-state index in [4.69, 9.17) is 5.26 Å². The molecule has 14 heavy (non-hydrogen) atoms. The van der Waals surface area contributed by atoms with Gasteiger partial charge in [-0.1, -0.05) is 6.42 Å². The third-order valence-electron chi connectivity index (χ3n) is 4.39. The maximum Gasteiger partial charge on any atom is 0.0672 e. The molecule has 0 radical (unpaired) electrons. The largest absolute Gasteiger partial charge is 0.301 e. The van der Waals surface area contributed by atoms with Gasteiger partial charge in [-0.2, -0.15) is 5.26 Å². The third-order valence-corrected chi connectivity index (χ3v) is 4.39. The fourth-order valence-electron chi connectivity index (χ4n) is 3.06. The van der Waals surface area contributed by atoms with Crippen molar-refractivity contribution in [2.45, 2.75) is 25.7 Å². The van der Waals surface area contributed by atoms with Gasteiger partial charge in [0.25, 0.3) is 0 Å². The summed E-state index contributed by atoms with van der Waals surface area (Å²) in [4.78, 5) is 2.53. The number of likely N-dealkylation sites (tertiary alicyclic amines) is 1. The average molecular weight is 190 g/mol. The molecule has 3 aliphatic rings. The summed E-state index contributed by atoms with van der Waals surface area (Å²) in [7, 11) is 0. The Morgan fingerprint density at radius 1 is 1.29 bits per heavy atom. The van der Waals surface area contributed by atoms with Crippen molar-refractivity contribution in [2.24, 2.45) is 23.7 Å². The van der Waals surface area contributed by atoms with Crippen molar-refractivity contribution in [3.05, 3.63) is 0 Å². The molecule has 2 nitrogen and oxygen atoms in total. The van der Waals surface area contributed by atoms with Crippen LogP contribution in [-0.4, -0.2) is 24.5 Å². The van der Waals surface area contributed by atoms with Crippen LogP contribution in [0.4, 0.5) is 0 Å². The zero-order chi connectivity index (χ0) is 9.54. The van der Waals surface area contributed by atoms with Crippen LogP contribution in [0.25, 0.3) is 0 Å². The molecule has 2 aliphatic carbocycles. The quantitative estimate of drug-likeness (QED) is 0.679. The first-order chi connectivity index (χ1) is 6.86. The average Bonchev–Trinajstić information content (AvgIpc) is 2.70. The van der Waals surface area contributed by atoms with Gasteiger partial charge in [-0.05, 0) is 37.0 Å². The number of hydrogen-bond donors (Lipinski definition) is 0. The van der Waals surface area contributed by atoms with Crippen molar-refractivity contribution in [1.29, 1.82) is 5.26 Å². The van der Waals surface area contributed by atoms with Crippen LogP contribution in [0.5, 0.6) is 0 Å². The Labute approximate surface area is 85.9 Å². The maximum atomic E-state index is 9.12. The molecule has 0 N–H and O–H groups in total. The number of nitrogens with zero attached hydrogens (tertiary/aromatic N) is 2. The fourth-order valence-corrected chi connectivity index (χ4v) is 3.06. The van der Waals surface area contributed by atoms with Crippen molar-refractivity contribution in [3.8, 4) is 6.07 Å². The van der Waals surface area contributed by atoms with E-state index in [1.54, 1.807) is 0 Å². The zero-order valence-corrected chi connectivity index (χ0v) is 8.65. The van der Waals surface area contributed by atoms with E-state index in [2.05, 4.69) is 11.0 Å². The lowest BCUT2D eigenvalue weighted by molar-refractivity contribution is 0.182. The Bertz CT molecular complexity index is 254. The van der Waals surface area contributed by atoms with E-state index in [9.17, 15) is 0 Å². The van der Waals surface area contributed by atoms with E-state index in [1.807, 2.05) is 0 Å². The van der Waals surface area contributed by atoms with Crippen LogP contribution in [0.2, 0.25) is 0 Å². The van der Waals surface area contributed by atoms with Crippen molar-refractivity contribution in [1.82, 2.24) is 4.90 Å². The van der Waals surface area contributed by atoms with Gasteiger partial charge in [0.05, 0.1) is 12.0 Å². The SMILES string of the molecule is N#CC(CN1CC2CC2C1)C1CCC1. The minimum absolute atomic E-state index is 0.334. The summed E-state index contributed by atoms with van der Waals surface area (Å²) in [6.07, 6.45) is 5.43. The highest BCUT2D eigenvalue weighted by Gasteiger charge is 2.45. The lowest BCUT2D eigenvalue weighted by Crippen LogP contribution is -2.34. The van der Waals surface area contributed by atoms with Gasteiger partial charge >= 0.3 is 0 Å². The summed E-state index contributed by atoms with van der Waals surface area (Å²) in [5, 5.41) is 9.12. The molecule has 3 unspecified atom stereocenters. The molecule has 2 heteroatoms. The molecule has 0 spiro atoms. The Hall–Kier alpha value is -0.550. The molecule has 3 fully saturated rings. The van der Waals surface area contributed by atoms with Gasteiger partial charge in [-0.15, -0.1) is 0 Å². The first kappa shape index (κ1) is 8.73. The molecule has 0 aromatic heterocycles. The van der Waals surface area contributed by atoms with Gasteiger partial charge in [0.2, 0.25) is 0 Å². The second-order valence-corrected chi connectivity index (χ2v) is 5.40. The van der Waals surface area contributed by atoms with Gasteiger partial charge in [-0.25, -0.2) is 0 Å². The van der Waals surface area contributed by atoms with E-state index >= 15 is 0 Å². The standard InChI is InChI=1S/C12H18N2/c13-5-12(9-2-1-3-9)8-14-6-10-4-11(10)7-14/h9-12H,1-4,6-8H2. The number of rotatable bonds is 3. The van der Waals surface area contributed by atoms with E-state index in [1.165, 1.54) is 38.8 Å². The first-order valence-electron chi connectivity index (χ1n) is 5.99. The molecule has 1 aliphatic heterocycles. The molecule has 3 atom stereocenters. The number of piperidine rings is 1. The normalized spacial score (nSPS) is 38.5. The van der Waals surface area contributed by atoms with Gasteiger partial charge in [0, 0.05) is 19.6 Å². The highest BCUT2D eigenvalue weighted by molar-refractivity contribution is 5.00. The molecule has 2 saturated carbocycles. The highest BCUT2D eigenvalue weighted by atomic mass is 15.2. The third kappa shape index (κ3) is 1.44. The summed E-state index contributed by atoms with van der Waals surface area (Å²) in [5.41, 5.74) is 0. The molecule has 0 aromatic carbocycles. The lowest BCUT2D eigenvalue weighted by Gasteiger charge is -2.32. The predicted octanol–water partition coefficient (Wildman–Crippen LogP) is 1.88. The molecular formula is C12H18N2. The molecule has 76 valence electrons. The molecular weight excluding hydrogens is 172 g/mol. The smallest absolute Gasteiger partial charge is 0.0672 e. The zero-order valence-electron chi connectivity index (χ0n) is 8.65. The van der Waals surface area contributed by atoms with Gasteiger partial charge in [0.1, 0.15) is 0 Å². The maximum absolute atomic E-state index is 9.12. The number of hydrogen-bond acceptors (Lipinski definition) is 2. The minimum atomic E-state index is 0.334. The molecule has 3 rings (SSSR count). The summed E-state index contributed by atoms with van der Waals surface area (Å²) in [6, 6.07) is 2.52. The molecule has 0 bridgehead atoms. The van der Waals surface area contributed by atoms with E-state index < -0.39 is 0 Å². The molecule has 0 amide bonds. The Morgan fingerprint density at radius 2 is 2.00 bits per heavy atom. The Balaban J connectivity index is 1.52. The summed E-state index contributed by atoms with van der Waals surface area (Å²) in [5.74, 6) is 3.09. The highest BCUT2D eigenvalue weighted by Crippen LogP contribution is 2.45. The Morgan fingerprint density at radius 3 is 2.50 bits per heavy atom. The minimum Gasteiger partial charge on any atom is -0.301 e. The van der Waals surface area contributed by atoms with Gasteiger partial charge in [-0.3, -0.25) is 0 Å². The van der Waals surface area contributed by atoms with E-state index in [-0.39, 0.29) is 0 Å². The van der Waals surface area contributed by atoms with Crippen LogP contribution < -0.4 is 0 Å². The van der Waals surface area contributed by atoms with Crippen LogP contribution in [-0.2, 0) is 0 Å². The summed E-state index contributed by atoms with van der Waals surface area (Å²) >= 11 is 0. The molecule has 0 aromatic rings. The van der Waals surface area contributed by atoms with E-state index in [0.717, 1.165) is 24.3 Å². The van der Waals surface area contributed by atoms with Crippen molar-refractivity contribution in [2.75, 3.05) is 19.6 Å².